The zero-order valence-electron chi connectivity index (χ0n) is 18.7. The molecule has 1 aliphatic rings. The maximum atomic E-state index is 12.7. The van der Waals surface area contributed by atoms with Gasteiger partial charge in [0.15, 0.2) is 11.7 Å². The molecule has 4 rings (SSSR count). The summed E-state index contributed by atoms with van der Waals surface area (Å²) >= 11 is 1.28. The van der Waals surface area contributed by atoms with Crippen LogP contribution in [-0.4, -0.2) is 49.3 Å². The summed E-state index contributed by atoms with van der Waals surface area (Å²) in [6, 6.07) is 13.5. The van der Waals surface area contributed by atoms with E-state index in [9.17, 15) is 18.0 Å². The highest BCUT2D eigenvalue weighted by Gasteiger charge is 2.26. The molecule has 34 heavy (non-hydrogen) atoms. The predicted molar refractivity (Wildman–Crippen MR) is 130 cm³/mol. The molecule has 10 heteroatoms. The van der Waals surface area contributed by atoms with Crippen molar-refractivity contribution in [1.82, 2.24) is 9.29 Å². The zero-order valence-corrected chi connectivity index (χ0v) is 20.3. The first kappa shape index (κ1) is 24.1. The van der Waals surface area contributed by atoms with Gasteiger partial charge in [0.2, 0.25) is 10.0 Å². The largest absolute Gasteiger partial charge is 0.452 e. The van der Waals surface area contributed by atoms with E-state index in [1.54, 1.807) is 0 Å². The van der Waals surface area contributed by atoms with Crippen molar-refractivity contribution >= 4 is 38.4 Å². The molecule has 1 aromatic heterocycles. The molecule has 1 fully saturated rings. The van der Waals surface area contributed by atoms with Crippen LogP contribution in [-0.2, 0) is 19.6 Å². The van der Waals surface area contributed by atoms with Crippen LogP contribution in [0.1, 0.15) is 35.2 Å². The minimum absolute atomic E-state index is 0.136. The number of esters is 1. The Morgan fingerprint density at radius 2 is 1.71 bits per heavy atom. The lowest BCUT2D eigenvalue weighted by Gasteiger charge is -2.25. The van der Waals surface area contributed by atoms with Crippen molar-refractivity contribution in [2.24, 2.45) is 0 Å². The summed E-state index contributed by atoms with van der Waals surface area (Å²) in [6.45, 7) is 2.54. The molecule has 0 aliphatic carbocycles. The summed E-state index contributed by atoms with van der Waals surface area (Å²) in [6.07, 6.45) is 2.72. The summed E-state index contributed by atoms with van der Waals surface area (Å²) in [4.78, 5) is 29.0. The van der Waals surface area contributed by atoms with E-state index in [4.69, 9.17) is 4.74 Å². The predicted octanol–water partition coefficient (Wildman–Crippen LogP) is 4.09. The number of carbonyl (C=O) groups is 2. The number of thiazole rings is 1. The Bertz CT molecular complexity index is 1260. The number of aromatic nitrogens is 1. The standard InChI is InChI=1S/C24H25N3O5S2/c1-17-5-7-18(8-6-17)21-16-33-24(25-21)26-22(28)15-32-23(29)19-9-11-20(12-10-19)34(30,31)27-13-3-2-4-14-27/h5-12,16H,2-4,13-15H2,1H3,(H,25,26,28). The van der Waals surface area contributed by atoms with Gasteiger partial charge in [0.25, 0.3) is 5.91 Å². The highest BCUT2D eigenvalue weighted by atomic mass is 32.2. The molecule has 0 atom stereocenters. The Labute approximate surface area is 202 Å². The minimum atomic E-state index is -3.57. The van der Waals surface area contributed by atoms with Gasteiger partial charge in [0.1, 0.15) is 0 Å². The maximum Gasteiger partial charge on any atom is 0.338 e. The van der Waals surface area contributed by atoms with E-state index in [2.05, 4.69) is 10.3 Å². The van der Waals surface area contributed by atoms with Crippen LogP contribution in [0.3, 0.4) is 0 Å². The summed E-state index contributed by atoms with van der Waals surface area (Å²) < 4.78 is 32.0. The van der Waals surface area contributed by atoms with Crippen LogP contribution in [0.2, 0.25) is 0 Å². The number of aryl methyl sites for hydroxylation is 1. The monoisotopic (exact) mass is 499 g/mol. The van der Waals surface area contributed by atoms with Gasteiger partial charge in [0.05, 0.1) is 16.2 Å². The molecule has 1 N–H and O–H groups in total. The molecule has 1 saturated heterocycles. The average molecular weight is 500 g/mol. The summed E-state index contributed by atoms with van der Waals surface area (Å²) in [5.74, 6) is -1.22. The van der Waals surface area contributed by atoms with Gasteiger partial charge in [-0.05, 0) is 44.0 Å². The van der Waals surface area contributed by atoms with E-state index < -0.39 is 28.5 Å². The number of benzene rings is 2. The summed E-state index contributed by atoms with van der Waals surface area (Å²) in [7, 11) is -3.57. The van der Waals surface area contributed by atoms with E-state index in [-0.39, 0.29) is 10.5 Å². The fourth-order valence-electron chi connectivity index (χ4n) is 3.58. The van der Waals surface area contributed by atoms with Gasteiger partial charge in [-0.2, -0.15) is 4.31 Å². The second-order valence-electron chi connectivity index (χ2n) is 8.02. The highest BCUT2D eigenvalue weighted by molar-refractivity contribution is 7.89. The summed E-state index contributed by atoms with van der Waals surface area (Å²) in [5, 5.41) is 4.87. The van der Waals surface area contributed by atoms with Crippen LogP contribution in [0.5, 0.6) is 0 Å². The molecule has 3 aromatic rings. The van der Waals surface area contributed by atoms with Crippen LogP contribution < -0.4 is 5.32 Å². The molecule has 2 aromatic carbocycles. The lowest BCUT2D eigenvalue weighted by Crippen LogP contribution is -2.35. The fourth-order valence-corrected chi connectivity index (χ4v) is 5.83. The fraction of sp³-hybridized carbons (Fsp3) is 0.292. The zero-order chi connectivity index (χ0) is 24.1. The van der Waals surface area contributed by atoms with Crippen LogP contribution in [0.15, 0.2) is 58.8 Å². The SMILES string of the molecule is Cc1ccc(-c2csc(NC(=O)COC(=O)c3ccc(S(=O)(=O)N4CCCCC4)cc3)n2)cc1. The molecule has 0 bridgehead atoms. The van der Waals surface area contributed by atoms with Gasteiger partial charge >= 0.3 is 5.97 Å². The van der Waals surface area contributed by atoms with Crippen molar-refractivity contribution in [3.05, 3.63) is 65.0 Å². The van der Waals surface area contributed by atoms with Crippen molar-refractivity contribution in [3.8, 4) is 11.3 Å². The Morgan fingerprint density at radius 3 is 2.38 bits per heavy atom. The maximum absolute atomic E-state index is 12.7. The van der Waals surface area contributed by atoms with Gasteiger partial charge in [-0.15, -0.1) is 11.3 Å². The number of ether oxygens (including phenoxy) is 1. The van der Waals surface area contributed by atoms with Crippen LogP contribution in [0.4, 0.5) is 5.13 Å². The number of piperidine rings is 1. The highest BCUT2D eigenvalue weighted by Crippen LogP contribution is 2.25. The van der Waals surface area contributed by atoms with Gasteiger partial charge in [-0.3, -0.25) is 10.1 Å². The summed E-state index contributed by atoms with van der Waals surface area (Å²) in [5.41, 5.74) is 3.00. The Kier molecular flexibility index (Phi) is 7.40. The lowest BCUT2D eigenvalue weighted by atomic mass is 10.1. The van der Waals surface area contributed by atoms with Crippen molar-refractivity contribution in [2.75, 3.05) is 25.0 Å². The smallest absolute Gasteiger partial charge is 0.338 e. The Hall–Kier alpha value is -3.08. The van der Waals surface area contributed by atoms with Gasteiger partial charge in [0, 0.05) is 24.0 Å². The second-order valence-corrected chi connectivity index (χ2v) is 10.8. The van der Waals surface area contributed by atoms with Crippen molar-refractivity contribution in [3.63, 3.8) is 0 Å². The molecule has 178 valence electrons. The Balaban J connectivity index is 1.30. The molecule has 0 saturated carbocycles. The number of anilines is 1. The van der Waals surface area contributed by atoms with Crippen LogP contribution in [0, 0.1) is 6.92 Å². The molecule has 8 nitrogen and oxygen atoms in total. The van der Waals surface area contributed by atoms with Gasteiger partial charge in [-0.1, -0.05) is 36.2 Å². The first-order chi connectivity index (χ1) is 16.3. The number of carbonyl (C=O) groups excluding carboxylic acids is 2. The molecule has 1 amide bonds. The lowest BCUT2D eigenvalue weighted by molar-refractivity contribution is -0.119. The third-order valence-corrected chi connectivity index (χ3v) is 8.15. The third-order valence-electron chi connectivity index (χ3n) is 5.48. The molecule has 2 heterocycles. The van der Waals surface area contributed by atoms with E-state index >= 15 is 0 Å². The first-order valence-electron chi connectivity index (χ1n) is 10.9. The number of nitrogens with zero attached hydrogens (tertiary/aromatic N) is 2. The Morgan fingerprint density at radius 1 is 1.03 bits per heavy atom. The number of nitrogens with one attached hydrogen (secondary N) is 1. The number of hydrogen-bond donors (Lipinski definition) is 1. The molecular formula is C24H25N3O5S2. The number of rotatable bonds is 7. The number of amides is 1. The minimum Gasteiger partial charge on any atom is -0.452 e. The molecule has 0 radical (unpaired) electrons. The van der Waals surface area contributed by atoms with Gasteiger partial charge in [-0.25, -0.2) is 18.2 Å². The average Bonchev–Trinajstić information content (AvgIpc) is 3.32. The second kappa shape index (κ2) is 10.5. The normalized spacial score (nSPS) is 14.5. The van der Waals surface area contributed by atoms with E-state index in [0.717, 1.165) is 36.1 Å². The molecule has 0 unspecified atom stereocenters. The molecule has 0 spiro atoms. The van der Waals surface area contributed by atoms with Crippen molar-refractivity contribution in [2.45, 2.75) is 31.1 Å². The van der Waals surface area contributed by atoms with Gasteiger partial charge < -0.3 is 4.74 Å². The quantitative estimate of drug-likeness (QED) is 0.491. The van der Waals surface area contributed by atoms with Crippen LogP contribution in [0.25, 0.3) is 11.3 Å². The third kappa shape index (κ3) is 5.69. The first-order valence-corrected chi connectivity index (χ1v) is 13.2. The van der Waals surface area contributed by atoms with Crippen molar-refractivity contribution < 1.29 is 22.7 Å². The van der Waals surface area contributed by atoms with Crippen LogP contribution >= 0.6 is 11.3 Å². The number of hydrogen-bond acceptors (Lipinski definition) is 7. The van der Waals surface area contributed by atoms with E-state index in [1.807, 2.05) is 36.6 Å². The molecular weight excluding hydrogens is 474 g/mol. The number of sulfonamides is 1. The topological polar surface area (TPSA) is 106 Å². The molecule has 1 aliphatic heterocycles. The van der Waals surface area contributed by atoms with E-state index in [0.29, 0.717) is 18.2 Å². The van der Waals surface area contributed by atoms with Crippen molar-refractivity contribution in [1.29, 1.82) is 0 Å². The van der Waals surface area contributed by atoms with E-state index in [1.165, 1.54) is 39.9 Å².